The third kappa shape index (κ3) is 2.43. The molecule has 1 heterocycles. The molecule has 3 rings (SSSR count). The number of fused-ring (bicyclic) bond motifs is 1. The summed E-state index contributed by atoms with van der Waals surface area (Å²) in [6.45, 7) is 4.47. The first-order chi connectivity index (χ1) is 8.84. The Morgan fingerprint density at radius 2 is 2.11 bits per heavy atom. The average Bonchev–Trinajstić information content (AvgIpc) is 2.66. The van der Waals surface area contributed by atoms with E-state index >= 15 is 0 Å². The lowest BCUT2D eigenvalue weighted by molar-refractivity contribution is 0.190. The van der Waals surface area contributed by atoms with E-state index in [-0.39, 0.29) is 5.82 Å². The van der Waals surface area contributed by atoms with Crippen molar-refractivity contribution in [1.82, 2.24) is 10.2 Å². The highest BCUT2D eigenvalue weighted by Crippen LogP contribution is 2.34. The van der Waals surface area contributed by atoms with E-state index < -0.39 is 0 Å². The van der Waals surface area contributed by atoms with Crippen molar-refractivity contribution in [3.8, 4) is 0 Å². The van der Waals surface area contributed by atoms with Gasteiger partial charge in [-0.3, -0.25) is 4.90 Å². The zero-order chi connectivity index (χ0) is 12.4. The zero-order valence-corrected chi connectivity index (χ0v) is 10.8. The molecule has 0 aromatic heterocycles. The average molecular weight is 248 g/mol. The van der Waals surface area contributed by atoms with Crippen molar-refractivity contribution in [1.29, 1.82) is 0 Å². The molecule has 1 aromatic rings. The Morgan fingerprint density at radius 1 is 1.17 bits per heavy atom. The summed E-state index contributed by atoms with van der Waals surface area (Å²) < 4.78 is 13.3. The van der Waals surface area contributed by atoms with Gasteiger partial charge in [0, 0.05) is 25.7 Å². The Kier molecular flexibility index (Phi) is 3.62. The molecule has 1 N–H and O–H groups in total. The van der Waals surface area contributed by atoms with Gasteiger partial charge in [0.1, 0.15) is 5.82 Å². The third-order valence-electron chi connectivity index (χ3n) is 4.20. The van der Waals surface area contributed by atoms with Crippen LogP contribution in [0.15, 0.2) is 18.2 Å². The van der Waals surface area contributed by atoms with Gasteiger partial charge in [0.05, 0.1) is 0 Å². The maximum Gasteiger partial charge on any atom is 0.123 e. The van der Waals surface area contributed by atoms with Crippen LogP contribution in [0.4, 0.5) is 4.39 Å². The minimum Gasteiger partial charge on any atom is -0.315 e. The highest BCUT2D eigenvalue weighted by molar-refractivity contribution is 5.33. The molecule has 1 aliphatic carbocycles. The van der Waals surface area contributed by atoms with E-state index in [4.69, 9.17) is 0 Å². The Labute approximate surface area is 108 Å². The minimum absolute atomic E-state index is 0.0908. The number of nitrogens with zero attached hydrogens (tertiary/aromatic N) is 1. The van der Waals surface area contributed by atoms with Crippen molar-refractivity contribution in [3.05, 3.63) is 35.1 Å². The fraction of sp³-hybridized carbons (Fsp3) is 0.600. The third-order valence-corrected chi connectivity index (χ3v) is 4.20. The zero-order valence-electron chi connectivity index (χ0n) is 10.8. The molecular weight excluding hydrogens is 227 g/mol. The molecular formula is C15H21FN2. The normalized spacial score (nSPS) is 25.5. The summed E-state index contributed by atoms with van der Waals surface area (Å²) in [6, 6.07) is 5.87. The molecule has 18 heavy (non-hydrogen) atoms. The Morgan fingerprint density at radius 3 is 3.06 bits per heavy atom. The van der Waals surface area contributed by atoms with Crippen molar-refractivity contribution < 1.29 is 4.39 Å². The quantitative estimate of drug-likeness (QED) is 0.821. The number of nitrogens with one attached hydrogen (secondary N) is 1. The summed E-state index contributed by atoms with van der Waals surface area (Å²) in [7, 11) is 0. The van der Waals surface area contributed by atoms with Gasteiger partial charge in [-0.25, -0.2) is 4.39 Å². The monoisotopic (exact) mass is 248 g/mol. The van der Waals surface area contributed by atoms with Gasteiger partial charge >= 0.3 is 0 Å². The van der Waals surface area contributed by atoms with E-state index in [1.165, 1.54) is 30.4 Å². The van der Waals surface area contributed by atoms with Crippen LogP contribution < -0.4 is 5.32 Å². The van der Waals surface area contributed by atoms with E-state index in [9.17, 15) is 4.39 Å². The highest BCUT2D eigenvalue weighted by atomic mass is 19.1. The second-order valence-electron chi connectivity index (χ2n) is 5.39. The predicted molar refractivity (Wildman–Crippen MR) is 71.1 cm³/mol. The van der Waals surface area contributed by atoms with Crippen molar-refractivity contribution in [3.63, 3.8) is 0 Å². The van der Waals surface area contributed by atoms with Gasteiger partial charge in [-0.1, -0.05) is 6.07 Å². The van der Waals surface area contributed by atoms with Gasteiger partial charge in [0.15, 0.2) is 0 Å². The molecule has 1 unspecified atom stereocenters. The van der Waals surface area contributed by atoms with Gasteiger partial charge in [0.2, 0.25) is 0 Å². The number of benzene rings is 1. The first kappa shape index (κ1) is 12.1. The second kappa shape index (κ2) is 5.37. The van der Waals surface area contributed by atoms with Gasteiger partial charge < -0.3 is 5.32 Å². The number of hydrogen-bond donors (Lipinski definition) is 1. The van der Waals surface area contributed by atoms with Crippen LogP contribution in [-0.2, 0) is 6.42 Å². The van der Waals surface area contributed by atoms with E-state index in [1.54, 1.807) is 12.1 Å². The molecule has 1 aromatic carbocycles. The molecule has 98 valence electrons. The smallest absolute Gasteiger partial charge is 0.123 e. The van der Waals surface area contributed by atoms with Crippen molar-refractivity contribution >= 4 is 0 Å². The molecule has 0 amide bonds. The van der Waals surface area contributed by atoms with E-state index in [0.29, 0.717) is 6.04 Å². The van der Waals surface area contributed by atoms with Crippen molar-refractivity contribution in [2.24, 2.45) is 0 Å². The first-order valence-electron chi connectivity index (χ1n) is 7.08. The van der Waals surface area contributed by atoms with Gasteiger partial charge in [-0.15, -0.1) is 0 Å². The lowest BCUT2D eigenvalue weighted by Gasteiger charge is -2.35. The molecule has 1 aliphatic heterocycles. The summed E-state index contributed by atoms with van der Waals surface area (Å²) in [5, 5.41) is 3.45. The molecule has 2 nitrogen and oxygen atoms in total. The van der Waals surface area contributed by atoms with Crippen LogP contribution in [0, 0.1) is 5.82 Å². The Bertz CT molecular complexity index is 411. The Hall–Kier alpha value is -0.930. The van der Waals surface area contributed by atoms with Crippen LogP contribution >= 0.6 is 0 Å². The topological polar surface area (TPSA) is 15.3 Å². The summed E-state index contributed by atoms with van der Waals surface area (Å²) in [6.07, 6.45) is 4.66. The fourth-order valence-electron chi connectivity index (χ4n) is 3.31. The van der Waals surface area contributed by atoms with Crippen molar-refractivity contribution in [2.45, 2.75) is 31.7 Å². The van der Waals surface area contributed by atoms with E-state index in [0.717, 1.165) is 32.6 Å². The van der Waals surface area contributed by atoms with Crippen LogP contribution in [0.3, 0.4) is 0 Å². The summed E-state index contributed by atoms with van der Waals surface area (Å²) in [4.78, 5) is 2.58. The molecule has 2 aliphatic rings. The number of rotatable bonds is 1. The predicted octanol–water partition coefficient (Wildman–Crippen LogP) is 2.50. The van der Waals surface area contributed by atoms with Gasteiger partial charge in [0.25, 0.3) is 0 Å². The molecule has 3 heteroatoms. The fourth-order valence-corrected chi connectivity index (χ4v) is 3.31. The largest absolute Gasteiger partial charge is 0.315 e. The maximum atomic E-state index is 13.3. The molecule has 0 saturated carbocycles. The van der Waals surface area contributed by atoms with Gasteiger partial charge in [-0.2, -0.15) is 0 Å². The van der Waals surface area contributed by atoms with Crippen LogP contribution in [-0.4, -0.2) is 31.1 Å². The molecule has 0 radical (unpaired) electrons. The van der Waals surface area contributed by atoms with Crippen LogP contribution in [0.25, 0.3) is 0 Å². The SMILES string of the molecule is Fc1ccc2c(c1)CCCC2N1CCCNCC1. The number of hydrogen-bond acceptors (Lipinski definition) is 2. The first-order valence-corrected chi connectivity index (χ1v) is 7.08. The Balaban J connectivity index is 1.85. The summed E-state index contributed by atoms with van der Waals surface area (Å²) >= 11 is 0. The number of halogens is 1. The second-order valence-corrected chi connectivity index (χ2v) is 5.39. The van der Waals surface area contributed by atoms with Crippen molar-refractivity contribution in [2.75, 3.05) is 26.2 Å². The molecule has 1 saturated heterocycles. The van der Waals surface area contributed by atoms with E-state index in [1.807, 2.05) is 6.07 Å². The minimum atomic E-state index is -0.0908. The summed E-state index contributed by atoms with van der Waals surface area (Å²) in [5.41, 5.74) is 2.59. The van der Waals surface area contributed by atoms with Crippen LogP contribution in [0.5, 0.6) is 0 Å². The van der Waals surface area contributed by atoms with Gasteiger partial charge in [-0.05, 0) is 55.5 Å². The molecule has 1 fully saturated rings. The lowest BCUT2D eigenvalue weighted by Crippen LogP contribution is -2.34. The standard InChI is InChI=1S/C15H21FN2/c16-13-5-6-14-12(11-13)3-1-4-15(14)18-9-2-7-17-8-10-18/h5-6,11,15,17H,1-4,7-10H2. The highest BCUT2D eigenvalue weighted by Gasteiger charge is 2.26. The van der Waals surface area contributed by atoms with E-state index in [2.05, 4.69) is 10.2 Å². The summed E-state index contributed by atoms with van der Waals surface area (Å²) in [5.74, 6) is -0.0908. The molecule has 0 bridgehead atoms. The van der Waals surface area contributed by atoms with Crippen LogP contribution in [0.2, 0.25) is 0 Å². The maximum absolute atomic E-state index is 13.3. The molecule has 1 atom stereocenters. The molecule has 0 spiro atoms. The number of aryl methyl sites for hydroxylation is 1. The van der Waals surface area contributed by atoms with Crippen LogP contribution in [0.1, 0.15) is 36.4 Å². The lowest BCUT2D eigenvalue weighted by atomic mass is 9.86.